The van der Waals surface area contributed by atoms with E-state index in [-0.39, 0.29) is 11.9 Å². The molecule has 0 saturated carbocycles. The van der Waals surface area contributed by atoms with Crippen LogP contribution in [-0.2, 0) is 4.79 Å². The number of aromatic nitrogens is 4. The van der Waals surface area contributed by atoms with E-state index in [2.05, 4.69) is 39.5 Å². The Morgan fingerprint density at radius 3 is 2.83 bits per heavy atom. The van der Waals surface area contributed by atoms with Gasteiger partial charge >= 0.3 is 0 Å². The van der Waals surface area contributed by atoms with Gasteiger partial charge in [-0.1, -0.05) is 19.0 Å². The number of H-pyrrole nitrogens is 1. The van der Waals surface area contributed by atoms with Gasteiger partial charge in [-0.3, -0.25) is 15.2 Å². The molecule has 2 aromatic rings. The lowest BCUT2D eigenvalue weighted by atomic mass is 10.2. The largest absolute Gasteiger partial charge is 0.361 e. The van der Waals surface area contributed by atoms with Crippen LogP contribution < -0.4 is 5.32 Å². The third-order valence-corrected chi connectivity index (χ3v) is 4.63. The third-order valence-electron chi connectivity index (χ3n) is 3.29. The van der Waals surface area contributed by atoms with E-state index in [1.165, 1.54) is 0 Å². The lowest BCUT2D eigenvalue weighted by Crippen LogP contribution is -2.34. The molecule has 0 radical (unpaired) electrons. The number of nitrogens with zero attached hydrogens (tertiary/aromatic N) is 3. The SMILES string of the molecule is Cc1cc(-c2nc(NC(=O)C(C)(C)SCCC(C)C)n[nH]2)no1. The van der Waals surface area contributed by atoms with Crippen molar-refractivity contribution < 1.29 is 9.32 Å². The molecular weight excluding hydrogens is 314 g/mol. The summed E-state index contributed by atoms with van der Waals surface area (Å²) in [4.78, 5) is 16.6. The number of amides is 1. The molecule has 0 fully saturated rings. The zero-order valence-corrected chi connectivity index (χ0v) is 15.0. The average molecular weight is 337 g/mol. The number of thioether (sulfide) groups is 1. The second-order valence-electron chi connectivity index (χ2n) is 6.33. The Bertz CT molecular complexity index is 662. The fraction of sp³-hybridized carbons (Fsp3) is 0.600. The summed E-state index contributed by atoms with van der Waals surface area (Å²) in [6, 6.07) is 1.75. The lowest BCUT2D eigenvalue weighted by Gasteiger charge is -2.22. The van der Waals surface area contributed by atoms with Crippen molar-refractivity contribution in [2.24, 2.45) is 5.92 Å². The van der Waals surface area contributed by atoms with E-state index >= 15 is 0 Å². The molecular formula is C15H23N5O2S. The van der Waals surface area contributed by atoms with Gasteiger partial charge in [-0.15, -0.1) is 16.9 Å². The molecule has 0 unspecified atom stereocenters. The molecule has 8 heteroatoms. The van der Waals surface area contributed by atoms with Gasteiger partial charge in [0, 0.05) is 6.07 Å². The van der Waals surface area contributed by atoms with E-state index < -0.39 is 4.75 Å². The van der Waals surface area contributed by atoms with Gasteiger partial charge in [0.1, 0.15) is 5.76 Å². The van der Waals surface area contributed by atoms with Crippen LogP contribution in [0.4, 0.5) is 5.95 Å². The van der Waals surface area contributed by atoms with Crippen molar-refractivity contribution in [1.29, 1.82) is 0 Å². The van der Waals surface area contributed by atoms with Gasteiger partial charge in [0.15, 0.2) is 11.5 Å². The van der Waals surface area contributed by atoms with Gasteiger partial charge in [-0.25, -0.2) is 0 Å². The Kier molecular flexibility index (Phi) is 5.46. The quantitative estimate of drug-likeness (QED) is 0.805. The Morgan fingerprint density at radius 1 is 1.48 bits per heavy atom. The van der Waals surface area contributed by atoms with Crippen molar-refractivity contribution in [3.63, 3.8) is 0 Å². The van der Waals surface area contributed by atoms with Crippen LogP contribution in [0.25, 0.3) is 11.5 Å². The highest BCUT2D eigenvalue weighted by molar-refractivity contribution is 8.01. The predicted molar refractivity (Wildman–Crippen MR) is 91.2 cm³/mol. The van der Waals surface area contributed by atoms with Gasteiger partial charge in [0.05, 0.1) is 4.75 Å². The van der Waals surface area contributed by atoms with Crippen LogP contribution in [0.15, 0.2) is 10.6 Å². The number of hydrogen-bond donors (Lipinski definition) is 2. The number of anilines is 1. The smallest absolute Gasteiger partial charge is 0.249 e. The second kappa shape index (κ2) is 7.16. The van der Waals surface area contributed by atoms with E-state index in [1.54, 1.807) is 24.8 Å². The first-order valence-corrected chi connectivity index (χ1v) is 8.58. The first-order valence-electron chi connectivity index (χ1n) is 7.59. The number of carbonyl (C=O) groups is 1. The van der Waals surface area contributed by atoms with Crippen molar-refractivity contribution in [3.05, 3.63) is 11.8 Å². The topological polar surface area (TPSA) is 96.7 Å². The summed E-state index contributed by atoms with van der Waals surface area (Å²) in [7, 11) is 0. The van der Waals surface area contributed by atoms with E-state index in [0.717, 1.165) is 12.2 Å². The summed E-state index contributed by atoms with van der Waals surface area (Å²) in [5.41, 5.74) is 0.557. The molecule has 2 aromatic heterocycles. The molecule has 0 aliphatic rings. The van der Waals surface area contributed by atoms with Crippen molar-refractivity contribution in [2.45, 2.75) is 45.8 Å². The van der Waals surface area contributed by atoms with Crippen LogP contribution in [0, 0.1) is 12.8 Å². The highest BCUT2D eigenvalue weighted by atomic mass is 32.2. The summed E-state index contributed by atoms with van der Waals surface area (Å²) in [5.74, 6) is 2.83. The van der Waals surface area contributed by atoms with Crippen LogP contribution in [0.3, 0.4) is 0 Å². The Morgan fingerprint density at radius 2 is 2.22 bits per heavy atom. The Balaban J connectivity index is 1.96. The lowest BCUT2D eigenvalue weighted by molar-refractivity contribution is -0.117. The molecule has 23 heavy (non-hydrogen) atoms. The van der Waals surface area contributed by atoms with Crippen molar-refractivity contribution in [1.82, 2.24) is 20.3 Å². The van der Waals surface area contributed by atoms with Crippen LogP contribution in [-0.4, -0.2) is 36.7 Å². The van der Waals surface area contributed by atoms with Crippen LogP contribution in [0.2, 0.25) is 0 Å². The van der Waals surface area contributed by atoms with Gasteiger partial charge in [-0.05, 0) is 38.9 Å². The molecule has 0 spiro atoms. The molecule has 0 bridgehead atoms. The maximum atomic E-state index is 12.4. The fourth-order valence-electron chi connectivity index (χ4n) is 1.78. The van der Waals surface area contributed by atoms with Gasteiger partial charge in [0.2, 0.25) is 11.9 Å². The minimum Gasteiger partial charge on any atom is -0.361 e. The summed E-state index contributed by atoms with van der Waals surface area (Å²) < 4.78 is 4.46. The average Bonchev–Trinajstić information content (AvgIpc) is 3.07. The monoisotopic (exact) mass is 337 g/mol. The number of carbonyl (C=O) groups excluding carboxylic acids is 1. The maximum absolute atomic E-state index is 12.4. The van der Waals surface area contributed by atoms with Gasteiger partial charge in [0.25, 0.3) is 0 Å². The zero-order valence-electron chi connectivity index (χ0n) is 14.1. The van der Waals surface area contributed by atoms with Crippen LogP contribution in [0.1, 0.15) is 39.9 Å². The fourth-order valence-corrected chi connectivity index (χ4v) is 3.06. The number of hydrogen-bond acceptors (Lipinski definition) is 6. The summed E-state index contributed by atoms with van der Waals surface area (Å²) in [6.45, 7) is 9.96. The molecule has 126 valence electrons. The van der Waals surface area contributed by atoms with E-state index in [9.17, 15) is 4.79 Å². The highest BCUT2D eigenvalue weighted by Gasteiger charge is 2.29. The number of nitrogens with one attached hydrogen (secondary N) is 2. The molecule has 0 atom stereocenters. The minimum absolute atomic E-state index is 0.117. The van der Waals surface area contributed by atoms with Crippen molar-refractivity contribution >= 4 is 23.6 Å². The summed E-state index contributed by atoms with van der Waals surface area (Å²) in [6.07, 6.45) is 1.08. The predicted octanol–water partition coefficient (Wildman–Crippen LogP) is 3.26. The van der Waals surface area contributed by atoms with Crippen LogP contribution >= 0.6 is 11.8 Å². The molecule has 2 rings (SSSR count). The maximum Gasteiger partial charge on any atom is 0.249 e. The van der Waals surface area contributed by atoms with E-state index in [4.69, 9.17) is 4.52 Å². The molecule has 2 heterocycles. The number of aromatic amines is 1. The van der Waals surface area contributed by atoms with Gasteiger partial charge < -0.3 is 4.52 Å². The van der Waals surface area contributed by atoms with Gasteiger partial charge in [-0.2, -0.15) is 4.98 Å². The molecule has 1 amide bonds. The first-order chi connectivity index (χ1) is 10.8. The normalized spacial score (nSPS) is 11.9. The number of aryl methyl sites for hydroxylation is 1. The molecule has 0 aliphatic heterocycles. The Hall–Kier alpha value is -1.83. The minimum atomic E-state index is -0.542. The third kappa shape index (κ3) is 4.82. The standard InChI is InChI=1S/C15H23N5O2S/c1-9(2)6-7-23-15(4,5)13(21)17-14-16-12(18-19-14)11-8-10(3)22-20-11/h8-9H,6-7H2,1-5H3,(H2,16,17,18,19,21). The molecule has 0 aliphatic carbocycles. The van der Waals surface area contributed by atoms with E-state index in [1.807, 2.05) is 13.8 Å². The number of rotatable bonds is 7. The second-order valence-corrected chi connectivity index (χ2v) is 8.04. The van der Waals surface area contributed by atoms with Crippen molar-refractivity contribution in [3.8, 4) is 11.5 Å². The van der Waals surface area contributed by atoms with E-state index in [0.29, 0.717) is 23.2 Å². The Labute approximate surface area is 140 Å². The highest BCUT2D eigenvalue weighted by Crippen LogP contribution is 2.27. The molecule has 2 N–H and O–H groups in total. The summed E-state index contributed by atoms with van der Waals surface area (Å²) in [5, 5.41) is 13.4. The molecule has 0 saturated heterocycles. The summed E-state index contributed by atoms with van der Waals surface area (Å²) >= 11 is 1.64. The zero-order chi connectivity index (χ0) is 17.0. The van der Waals surface area contributed by atoms with Crippen molar-refractivity contribution in [2.75, 3.05) is 11.1 Å². The molecule has 7 nitrogen and oxygen atoms in total. The molecule has 0 aromatic carbocycles. The first kappa shape index (κ1) is 17.5. The van der Waals surface area contributed by atoms with Crippen LogP contribution in [0.5, 0.6) is 0 Å².